The number of carbonyl (C=O) groups excluding carboxylic acids is 1. The molecule has 1 fully saturated rings. The first kappa shape index (κ1) is 12.2. The van der Waals surface area contributed by atoms with Crippen molar-refractivity contribution in [1.82, 2.24) is 4.90 Å². The van der Waals surface area contributed by atoms with Crippen LogP contribution >= 0.6 is 11.6 Å². The van der Waals surface area contributed by atoms with Gasteiger partial charge in [0.1, 0.15) is 5.75 Å². The van der Waals surface area contributed by atoms with E-state index in [1.165, 1.54) is 0 Å². The molecule has 1 aliphatic heterocycles. The van der Waals surface area contributed by atoms with Gasteiger partial charge in [0.25, 0.3) is 5.91 Å². The van der Waals surface area contributed by atoms with E-state index in [1.54, 1.807) is 13.2 Å². The Hall–Kier alpha value is -1.22. The first-order valence-corrected chi connectivity index (χ1v) is 6.22. The van der Waals surface area contributed by atoms with Crippen LogP contribution < -0.4 is 4.74 Å². The number of benzene rings is 1. The lowest BCUT2D eigenvalue weighted by Crippen LogP contribution is -2.40. The third-order valence-electron chi connectivity index (χ3n) is 2.97. The van der Waals surface area contributed by atoms with Crippen LogP contribution in [-0.4, -0.2) is 36.4 Å². The van der Waals surface area contributed by atoms with Gasteiger partial charge in [0, 0.05) is 18.7 Å². The third kappa shape index (κ3) is 2.91. The topological polar surface area (TPSA) is 29.5 Å². The van der Waals surface area contributed by atoms with Gasteiger partial charge in [0.05, 0.1) is 12.5 Å². The van der Waals surface area contributed by atoms with Crippen LogP contribution in [0.1, 0.15) is 23.2 Å². The highest BCUT2D eigenvalue weighted by atomic mass is 35.5. The van der Waals surface area contributed by atoms with Gasteiger partial charge in [0.2, 0.25) is 0 Å². The van der Waals surface area contributed by atoms with Crippen molar-refractivity contribution in [3.63, 3.8) is 0 Å². The summed E-state index contributed by atoms with van der Waals surface area (Å²) in [4.78, 5) is 14.0. The Labute approximate surface area is 106 Å². The lowest BCUT2D eigenvalue weighted by atomic mass is 10.1. The largest absolute Gasteiger partial charge is 0.497 e. The summed E-state index contributed by atoms with van der Waals surface area (Å²) >= 11 is 6.08. The molecule has 1 aromatic carbocycles. The van der Waals surface area contributed by atoms with Crippen LogP contribution in [-0.2, 0) is 0 Å². The Morgan fingerprint density at radius 1 is 1.53 bits per heavy atom. The van der Waals surface area contributed by atoms with Crippen LogP contribution in [0.15, 0.2) is 24.3 Å². The zero-order valence-corrected chi connectivity index (χ0v) is 10.6. The fourth-order valence-corrected chi connectivity index (χ4v) is 2.37. The van der Waals surface area contributed by atoms with Crippen LogP contribution in [0, 0.1) is 0 Å². The number of ether oxygens (including phenoxy) is 1. The Balaban J connectivity index is 2.12. The molecular formula is C13H16ClNO2. The molecule has 1 heterocycles. The molecule has 0 spiro atoms. The van der Waals surface area contributed by atoms with Crippen LogP contribution in [0.3, 0.4) is 0 Å². The Morgan fingerprint density at radius 2 is 2.35 bits per heavy atom. The van der Waals surface area contributed by atoms with Gasteiger partial charge >= 0.3 is 0 Å². The molecule has 92 valence electrons. The van der Waals surface area contributed by atoms with Crippen molar-refractivity contribution in [3.8, 4) is 5.75 Å². The van der Waals surface area contributed by atoms with Crippen molar-refractivity contribution in [2.75, 3.05) is 20.2 Å². The van der Waals surface area contributed by atoms with Crippen LogP contribution in [0.25, 0.3) is 0 Å². The van der Waals surface area contributed by atoms with Gasteiger partial charge in [-0.05, 0) is 31.0 Å². The smallest absolute Gasteiger partial charge is 0.254 e. The van der Waals surface area contributed by atoms with Crippen molar-refractivity contribution < 1.29 is 9.53 Å². The number of nitrogens with zero attached hydrogens (tertiary/aromatic N) is 1. The van der Waals surface area contributed by atoms with Gasteiger partial charge in [0.15, 0.2) is 0 Å². The number of rotatable bonds is 2. The van der Waals surface area contributed by atoms with E-state index in [0.717, 1.165) is 19.4 Å². The van der Waals surface area contributed by atoms with Crippen molar-refractivity contribution in [1.29, 1.82) is 0 Å². The van der Waals surface area contributed by atoms with Crippen molar-refractivity contribution >= 4 is 17.5 Å². The number of alkyl halides is 1. The second-order valence-electron chi connectivity index (χ2n) is 4.22. The summed E-state index contributed by atoms with van der Waals surface area (Å²) in [5, 5.41) is 0.0818. The zero-order valence-electron chi connectivity index (χ0n) is 9.86. The molecule has 1 saturated heterocycles. The Morgan fingerprint density at radius 3 is 3.06 bits per heavy atom. The number of amides is 1. The maximum Gasteiger partial charge on any atom is 0.254 e. The summed E-state index contributed by atoms with van der Waals surface area (Å²) in [5.74, 6) is 0.740. The summed E-state index contributed by atoms with van der Waals surface area (Å²) in [6.45, 7) is 1.43. The maximum absolute atomic E-state index is 12.2. The molecule has 2 rings (SSSR count). The van der Waals surface area contributed by atoms with Gasteiger partial charge in [-0.15, -0.1) is 11.6 Å². The second kappa shape index (κ2) is 5.41. The highest BCUT2D eigenvalue weighted by Gasteiger charge is 2.23. The van der Waals surface area contributed by atoms with E-state index in [1.807, 2.05) is 23.1 Å². The second-order valence-corrected chi connectivity index (χ2v) is 4.84. The van der Waals surface area contributed by atoms with E-state index in [4.69, 9.17) is 16.3 Å². The summed E-state index contributed by atoms with van der Waals surface area (Å²) in [6, 6.07) is 7.23. The summed E-state index contributed by atoms with van der Waals surface area (Å²) < 4.78 is 5.12. The zero-order chi connectivity index (χ0) is 12.3. The molecule has 1 aliphatic rings. The molecule has 0 N–H and O–H groups in total. The Kier molecular flexibility index (Phi) is 3.89. The molecule has 1 amide bonds. The highest BCUT2D eigenvalue weighted by Crippen LogP contribution is 2.19. The van der Waals surface area contributed by atoms with Crippen LogP contribution in [0.2, 0.25) is 0 Å². The number of piperidine rings is 1. The van der Waals surface area contributed by atoms with Gasteiger partial charge in [-0.25, -0.2) is 0 Å². The molecule has 17 heavy (non-hydrogen) atoms. The van der Waals surface area contributed by atoms with Crippen molar-refractivity contribution in [2.45, 2.75) is 18.2 Å². The maximum atomic E-state index is 12.2. The molecule has 1 atom stereocenters. The van der Waals surface area contributed by atoms with E-state index in [0.29, 0.717) is 17.9 Å². The summed E-state index contributed by atoms with van der Waals surface area (Å²) in [5.41, 5.74) is 0.662. The van der Waals surface area contributed by atoms with Crippen LogP contribution in [0.5, 0.6) is 5.75 Å². The minimum Gasteiger partial charge on any atom is -0.497 e. The molecule has 3 nitrogen and oxygen atoms in total. The first-order chi connectivity index (χ1) is 8.20. The minimum absolute atomic E-state index is 0.0363. The van der Waals surface area contributed by atoms with E-state index in [-0.39, 0.29) is 11.3 Å². The summed E-state index contributed by atoms with van der Waals surface area (Å²) in [7, 11) is 1.60. The first-order valence-electron chi connectivity index (χ1n) is 5.78. The molecular weight excluding hydrogens is 238 g/mol. The van der Waals surface area contributed by atoms with E-state index < -0.39 is 0 Å². The van der Waals surface area contributed by atoms with E-state index in [9.17, 15) is 4.79 Å². The predicted octanol–water partition coefficient (Wildman–Crippen LogP) is 2.54. The van der Waals surface area contributed by atoms with Gasteiger partial charge < -0.3 is 9.64 Å². The normalized spacial score (nSPS) is 20.1. The number of likely N-dealkylation sites (tertiary alicyclic amines) is 1. The van der Waals surface area contributed by atoms with Gasteiger partial charge in [-0.2, -0.15) is 0 Å². The van der Waals surface area contributed by atoms with Crippen molar-refractivity contribution in [3.05, 3.63) is 29.8 Å². The van der Waals surface area contributed by atoms with E-state index in [2.05, 4.69) is 0 Å². The SMILES string of the molecule is COc1cccc(C(=O)N2CCCC(Cl)C2)c1. The van der Waals surface area contributed by atoms with Crippen LogP contribution in [0.4, 0.5) is 0 Å². The molecule has 4 heteroatoms. The van der Waals surface area contributed by atoms with Gasteiger partial charge in [-0.3, -0.25) is 4.79 Å². The molecule has 1 unspecified atom stereocenters. The number of carbonyl (C=O) groups is 1. The third-order valence-corrected chi connectivity index (χ3v) is 3.32. The monoisotopic (exact) mass is 253 g/mol. The lowest BCUT2D eigenvalue weighted by Gasteiger charge is -2.29. The van der Waals surface area contributed by atoms with E-state index >= 15 is 0 Å². The molecule has 0 bridgehead atoms. The predicted molar refractivity (Wildman–Crippen MR) is 67.8 cm³/mol. The number of hydrogen-bond acceptors (Lipinski definition) is 2. The molecule has 0 aromatic heterocycles. The number of methoxy groups -OCH3 is 1. The lowest BCUT2D eigenvalue weighted by molar-refractivity contribution is 0.0726. The molecule has 1 aromatic rings. The van der Waals surface area contributed by atoms with Crippen molar-refractivity contribution in [2.24, 2.45) is 0 Å². The Bertz CT molecular complexity index is 408. The fourth-order valence-electron chi connectivity index (χ4n) is 2.05. The molecule has 0 radical (unpaired) electrons. The highest BCUT2D eigenvalue weighted by molar-refractivity contribution is 6.21. The summed E-state index contributed by atoms with van der Waals surface area (Å²) in [6.07, 6.45) is 1.97. The minimum atomic E-state index is 0.0363. The fraction of sp³-hybridized carbons (Fsp3) is 0.462. The molecule has 0 aliphatic carbocycles. The standard InChI is InChI=1S/C13H16ClNO2/c1-17-12-6-2-4-10(8-12)13(16)15-7-3-5-11(14)9-15/h2,4,6,8,11H,3,5,7,9H2,1H3. The average molecular weight is 254 g/mol. The average Bonchev–Trinajstić information content (AvgIpc) is 2.38. The van der Waals surface area contributed by atoms with Gasteiger partial charge in [-0.1, -0.05) is 6.07 Å². The quantitative estimate of drug-likeness (QED) is 0.758. The molecule has 0 saturated carbocycles. The number of halogens is 1. The number of hydrogen-bond donors (Lipinski definition) is 0.